The van der Waals surface area contributed by atoms with Crippen LogP contribution < -0.4 is 20.5 Å². The third kappa shape index (κ3) is 6.88. The summed E-state index contributed by atoms with van der Waals surface area (Å²) in [5.41, 5.74) is 7.51. The molecule has 47 heavy (non-hydrogen) atoms. The van der Waals surface area contributed by atoms with Crippen molar-refractivity contribution in [1.82, 2.24) is 10.2 Å². The second-order valence-electron chi connectivity index (χ2n) is 11.2. The van der Waals surface area contributed by atoms with E-state index in [1.54, 1.807) is 72.8 Å². The molecule has 1 unspecified atom stereocenters. The monoisotopic (exact) mass is 663 g/mol. The molecule has 4 N–H and O–H groups in total. The topological polar surface area (TPSA) is 184 Å². The number of rotatable bonds is 9. The van der Waals surface area contributed by atoms with Gasteiger partial charge in [-0.1, -0.05) is 60.7 Å². The molecule has 3 aromatic rings. The highest BCUT2D eigenvalue weighted by atomic mass is 32.2. The number of carbonyl (C=O) groups is 5. The number of ether oxygens (including phenoxy) is 4. The zero-order valence-electron chi connectivity index (χ0n) is 25.7. The number of benzene rings is 3. The number of esters is 2. The van der Waals surface area contributed by atoms with Crippen LogP contribution in [0.5, 0.6) is 11.5 Å². The third-order valence-corrected chi connectivity index (χ3v) is 9.27. The average Bonchev–Trinajstić information content (AvgIpc) is 3.52. The summed E-state index contributed by atoms with van der Waals surface area (Å²) in [7, 11) is 1.50. The Hall–Kier alpha value is -5.08. The van der Waals surface area contributed by atoms with Crippen molar-refractivity contribution in [2.45, 2.75) is 48.4 Å². The van der Waals surface area contributed by atoms with E-state index in [-0.39, 0.29) is 12.5 Å². The summed E-state index contributed by atoms with van der Waals surface area (Å²) < 4.78 is 20.0. The van der Waals surface area contributed by atoms with Gasteiger partial charge in [-0.25, -0.2) is 14.4 Å². The molecule has 0 bridgehead atoms. The Kier molecular flexibility index (Phi) is 9.72. The minimum absolute atomic E-state index is 0.343. The molecular weight excluding hydrogens is 630 g/mol. The number of carboxylic acid groups (broad SMARTS) is 1. The van der Waals surface area contributed by atoms with Gasteiger partial charge in [0.2, 0.25) is 11.8 Å². The molecule has 2 saturated heterocycles. The molecule has 0 aliphatic carbocycles. The summed E-state index contributed by atoms with van der Waals surface area (Å²) in [6, 6.07) is 19.8. The molecule has 0 spiro atoms. The Balaban J connectivity index is 0.000000281. The number of nitrogens with zero attached hydrogens (tertiary/aromatic N) is 1. The Morgan fingerprint density at radius 1 is 1.00 bits per heavy atom. The number of para-hydroxylation sites is 2. The molecule has 3 aliphatic rings. The molecule has 6 rings (SSSR count). The van der Waals surface area contributed by atoms with Crippen molar-refractivity contribution < 1.29 is 48.0 Å². The van der Waals surface area contributed by atoms with Gasteiger partial charge in [-0.05, 0) is 37.6 Å². The van der Waals surface area contributed by atoms with Crippen LogP contribution in [0.2, 0.25) is 0 Å². The van der Waals surface area contributed by atoms with E-state index in [0.29, 0.717) is 28.2 Å². The van der Waals surface area contributed by atoms with Crippen molar-refractivity contribution in [1.29, 1.82) is 0 Å². The molecule has 0 saturated carbocycles. The first-order chi connectivity index (χ1) is 22.4. The van der Waals surface area contributed by atoms with Gasteiger partial charge in [-0.3, -0.25) is 9.59 Å². The fourth-order valence-corrected chi connectivity index (χ4v) is 7.05. The number of hydrogen-bond acceptors (Lipinski definition) is 11. The quantitative estimate of drug-likeness (QED) is 0.225. The van der Waals surface area contributed by atoms with Gasteiger partial charge in [0.1, 0.15) is 23.5 Å². The van der Waals surface area contributed by atoms with Crippen LogP contribution in [0.15, 0.2) is 78.9 Å². The van der Waals surface area contributed by atoms with E-state index in [1.807, 2.05) is 19.9 Å². The number of carboxylic acids is 1. The summed E-state index contributed by atoms with van der Waals surface area (Å²) in [6.45, 7) is 3.30. The number of thioether (sulfide) groups is 1. The molecular formula is C33H33N3O10S. The maximum Gasteiger partial charge on any atom is 0.342 e. The number of methoxy groups -OCH3 is 1. The molecule has 2 amide bonds. The molecule has 13 nitrogen and oxygen atoms in total. The zero-order chi connectivity index (χ0) is 33.9. The first kappa shape index (κ1) is 33.3. The number of aliphatic carboxylic acids is 1. The Morgan fingerprint density at radius 2 is 1.64 bits per heavy atom. The number of nitrogens with two attached hydrogens (primary N) is 1. The fraction of sp³-hybridized carbons (Fsp3) is 0.303. The number of cyclic esters (lactones) is 1. The van der Waals surface area contributed by atoms with Gasteiger partial charge in [0.05, 0.1) is 12.7 Å². The van der Waals surface area contributed by atoms with Crippen molar-refractivity contribution >= 4 is 41.5 Å². The van der Waals surface area contributed by atoms with E-state index >= 15 is 0 Å². The number of amides is 2. The minimum atomic E-state index is -1.16. The van der Waals surface area contributed by atoms with Crippen molar-refractivity contribution in [2.24, 2.45) is 5.73 Å². The van der Waals surface area contributed by atoms with Crippen molar-refractivity contribution in [3.8, 4) is 11.5 Å². The van der Waals surface area contributed by atoms with Gasteiger partial charge in [-0.2, -0.15) is 0 Å². The molecule has 0 radical (unpaired) electrons. The van der Waals surface area contributed by atoms with Gasteiger partial charge in [-0.15, -0.1) is 11.8 Å². The number of fused-ring (bicyclic) bond motifs is 2. The summed E-state index contributed by atoms with van der Waals surface area (Å²) in [5.74, 6) is -2.13. The van der Waals surface area contributed by atoms with Crippen molar-refractivity contribution in [3.05, 3.63) is 95.6 Å². The van der Waals surface area contributed by atoms with E-state index in [1.165, 1.54) is 23.8 Å². The largest absolute Gasteiger partial charge is 0.493 e. The van der Waals surface area contributed by atoms with E-state index in [2.05, 4.69) is 5.32 Å². The van der Waals surface area contributed by atoms with Gasteiger partial charge in [0.15, 0.2) is 18.1 Å². The standard InChI is InChI=1S/C24H23N3O6S.C9H10O4/c1-24(2)17(22(31)33-23-14-11-7-6-10-13(14)21(30)32-23)27-19(29)16(20(27)34-24)26-18(28)15(25)12-8-4-3-5-9-12;1-12-7-4-2-3-5-8(7)13-6-9(10)11/h3-11,15-17,20,23H,25H2,1-2H3,(H,26,28);2-5H,6H2,1H3,(H,10,11)/t15-,16-,17+,20-,23?;/m1./s1. The second kappa shape index (κ2) is 13.7. The van der Waals surface area contributed by atoms with Gasteiger partial charge >= 0.3 is 17.9 Å². The molecule has 0 aromatic heterocycles. The Bertz CT molecular complexity index is 1680. The number of carbonyl (C=O) groups excluding carboxylic acids is 4. The van der Waals surface area contributed by atoms with Crippen LogP contribution in [0, 0.1) is 0 Å². The van der Waals surface area contributed by atoms with E-state index in [4.69, 9.17) is 29.8 Å². The van der Waals surface area contributed by atoms with Crippen molar-refractivity contribution in [3.63, 3.8) is 0 Å². The summed E-state index contributed by atoms with van der Waals surface area (Å²) >= 11 is 1.40. The lowest BCUT2D eigenvalue weighted by Gasteiger charge is -2.44. The number of hydrogen-bond donors (Lipinski definition) is 3. The Labute approximate surface area is 274 Å². The highest BCUT2D eigenvalue weighted by molar-refractivity contribution is 8.01. The summed E-state index contributed by atoms with van der Waals surface area (Å²) in [6.07, 6.45) is -1.16. The molecule has 3 aromatic carbocycles. The lowest BCUT2D eigenvalue weighted by atomic mass is 9.95. The van der Waals surface area contributed by atoms with E-state index in [0.717, 1.165) is 0 Å². The van der Waals surface area contributed by atoms with Crippen molar-refractivity contribution in [2.75, 3.05) is 13.7 Å². The summed E-state index contributed by atoms with van der Waals surface area (Å²) in [5, 5.41) is 10.7. The maximum atomic E-state index is 13.2. The predicted octanol–water partition coefficient (Wildman–Crippen LogP) is 2.80. The smallest absolute Gasteiger partial charge is 0.342 e. The van der Waals surface area contributed by atoms with E-state index in [9.17, 15) is 24.0 Å². The molecule has 246 valence electrons. The first-order valence-corrected chi connectivity index (χ1v) is 15.4. The van der Waals surface area contributed by atoms with Crippen LogP contribution in [0.1, 0.15) is 47.7 Å². The van der Waals surface area contributed by atoms with Crippen LogP contribution in [0.25, 0.3) is 0 Å². The van der Waals surface area contributed by atoms with Crippen LogP contribution in [0.4, 0.5) is 0 Å². The second-order valence-corrected chi connectivity index (χ2v) is 13.0. The molecule has 5 atom stereocenters. The highest BCUT2D eigenvalue weighted by Crippen LogP contribution is 2.51. The number of β-lactam (4-membered cyclic amide) rings is 1. The average molecular weight is 664 g/mol. The molecule has 14 heteroatoms. The number of nitrogens with one attached hydrogen (secondary N) is 1. The SMILES string of the molecule is CC1(C)S[C@@H]2[C@H](NC(=O)[C@H](N)c3ccccc3)C(=O)N2[C@H]1C(=O)OC1OC(=O)c2ccccc21.COc1ccccc1OCC(=O)O. The molecule has 3 heterocycles. The predicted molar refractivity (Wildman–Crippen MR) is 168 cm³/mol. The first-order valence-electron chi connectivity index (χ1n) is 14.5. The van der Waals surface area contributed by atoms with Crippen LogP contribution in [0.3, 0.4) is 0 Å². The van der Waals surface area contributed by atoms with Crippen LogP contribution >= 0.6 is 11.8 Å². The highest BCUT2D eigenvalue weighted by Gasteiger charge is 2.65. The normalized spacial score (nSPS) is 22.3. The minimum Gasteiger partial charge on any atom is -0.493 e. The van der Waals surface area contributed by atoms with Gasteiger partial charge < -0.3 is 40.0 Å². The molecule has 2 fully saturated rings. The lowest BCUT2D eigenvalue weighted by molar-refractivity contribution is -0.180. The zero-order valence-corrected chi connectivity index (χ0v) is 26.5. The van der Waals surface area contributed by atoms with Crippen LogP contribution in [-0.4, -0.2) is 75.6 Å². The lowest BCUT2D eigenvalue weighted by Crippen LogP contribution is -2.71. The van der Waals surface area contributed by atoms with Gasteiger partial charge in [0.25, 0.3) is 6.29 Å². The van der Waals surface area contributed by atoms with Gasteiger partial charge in [0, 0.05) is 10.3 Å². The van der Waals surface area contributed by atoms with Crippen LogP contribution in [-0.2, 0) is 28.7 Å². The molecule has 3 aliphatic heterocycles. The fourth-order valence-electron chi connectivity index (χ4n) is 5.43. The Morgan fingerprint density at radius 3 is 2.32 bits per heavy atom. The summed E-state index contributed by atoms with van der Waals surface area (Å²) in [4.78, 5) is 62.5. The maximum absolute atomic E-state index is 13.2. The third-order valence-electron chi connectivity index (χ3n) is 7.70. The van der Waals surface area contributed by atoms with E-state index < -0.39 is 58.4 Å².